The van der Waals surface area contributed by atoms with Crippen LogP contribution in [0.2, 0.25) is 0 Å². The van der Waals surface area contributed by atoms with Gasteiger partial charge in [-0.25, -0.2) is 4.99 Å². The maximum atomic E-state index is 6.07. The molecule has 7 heteroatoms. The molecule has 2 atom stereocenters. The van der Waals surface area contributed by atoms with E-state index in [-0.39, 0.29) is 12.1 Å². The van der Waals surface area contributed by atoms with Gasteiger partial charge in [-0.3, -0.25) is 0 Å². The van der Waals surface area contributed by atoms with Gasteiger partial charge >= 0.3 is 0 Å². The van der Waals surface area contributed by atoms with E-state index >= 15 is 0 Å². The van der Waals surface area contributed by atoms with Crippen LogP contribution in [0.15, 0.2) is 45.9 Å². The zero-order valence-electron chi connectivity index (χ0n) is 15.0. The molecule has 0 saturated heterocycles. The van der Waals surface area contributed by atoms with Crippen molar-refractivity contribution in [3.05, 3.63) is 52.0 Å². The van der Waals surface area contributed by atoms with Crippen molar-refractivity contribution in [1.29, 1.82) is 0 Å². The first-order chi connectivity index (χ1) is 12.5. The Morgan fingerprint density at radius 2 is 1.73 bits per heavy atom. The Bertz CT molecular complexity index is 800. The molecule has 0 aliphatic carbocycles. The Morgan fingerprint density at radius 3 is 2.31 bits per heavy atom. The highest BCUT2D eigenvalue weighted by Gasteiger charge is 2.26. The number of guanidine groups is 1. The van der Waals surface area contributed by atoms with Gasteiger partial charge in [0.25, 0.3) is 0 Å². The van der Waals surface area contributed by atoms with E-state index < -0.39 is 0 Å². The molecule has 2 unspecified atom stereocenters. The summed E-state index contributed by atoms with van der Waals surface area (Å²) in [7, 11) is 4.79. The van der Waals surface area contributed by atoms with Crippen molar-refractivity contribution >= 4 is 21.9 Å². The standard InChI is InChI=1S/C19H22BrN3O3/c1-24-16-8-12(9-17(25-2)18(16)26-3)15-10-14(22-19(21)23-15)11-5-4-6-13(20)7-11/h4-9,14-15H,10H2,1-3H3,(H3,21,22,23). The first-order valence-electron chi connectivity index (χ1n) is 8.21. The van der Waals surface area contributed by atoms with E-state index in [9.17, 15) is 0 Å². The lowest BCUT2D eigenvalue weighted by Crippen LogP contribution is -2.39. The summed E-state index contributed by atoms with van der Waals surface area (Å²) in [5.74, 6) is 2.19. The predicted octanol–water partition coefficient (Wildman–Crippen LogP) is 3.57. The highest BCUT2D eigenvalue weighted by molar-refractivity contribution is 9.10. The summed E-state index contributed by atoms with van der Waals surface area (Å²) in [4.78, 5) is 4.58. The molecule has 0 amide bonds. The summed E-state index contributed by atoms with van der Waals surface area (Å²) in [6, 6.07) is 12.0. The molecule has 0 saturated carbocycles. The van der Waals surface area contributed by atoms with Gasteiger partial charge in [-0.15, -0.1) is 0 Å². The van der Waals surface area contributed by atoms with Gasteiger partial charge in [-0.05, 0) is 41.8 Å². The Morgan fingerprint density at radius 1 is 1.04 bits per heavy atom. The molecule has 3 N–H and O–H groups in total. The third kappa shape index (κ3) is 3.72. The van der Waals surface area contributed by atoms with Crippen LogP contribution in [0.5, 0.6) is 17.2 Å². The molecule has 0 spiro atoms. The SMILES string of the molecule is COc1cc(C2CC(c3cccc(Br)c3)NC(N)=N2)cc(OC)c1OC. The molecule has 26 heavy (non-hydrogen) atoms. The van der Waals surface area contributed by atoms with Gasteiger partial charge in [0, 0.05) is 4.47 Å². The lowest BCUT2D eigenvalue weighted by Gasteiger charge is -2.29. The summed E-state index contributed by atoms with van der Waals surface area (Å²) in [5.41, 5.74) is 8.18. The second kappa shape index (κ2) is 7.86. The van der Waals surface area contributed by atoms with E-state index in [4.69, 9.17) is 19.9 Å². The Kier molecular flexibility index (Phi) is 5.56. The number of methoxy groups -OCH3 is 3. The average molecular weight is 420 g/mol. The zero-order chi connectivity index (χ0) is 18.7. The molecule has 1 heterocycles. The van der Waals surface area contributed by atoms with Gasteiger partial charge in [0.05, 0.1) is 33.4 Å². The minimum absolute atomic E-state index is 0.0640. The average Bonchev–Trinajstić information content (AvgIpc) is 2.66. The number of nitrogens with two attached hydrogens (primary N) is 1. The normalized spacial score (nSPS) is 19.3. The fraction of sp³-hybridized carbons (Fsp3) is 0.316. The second-order valence-corrected chi connectivity index (χ2v) is 6.89. The number of benzene rings is 2. The van der Waals surface area contributed by atoms with Crippen LogP contribution in [0.3, 0.4) is 0 Å². The quantitative estimate of drug-likeness (QED) is 0.774. The molecule has 2 aromatic rings. The number of halogens is 1. The van der Waals surface area contributed by atoms with Gasteiger partial charge in [0.1, 0.15) is 0 Å². The van der Waals surface area contributed by atoms with E-state index in [1.165, 1.54) is 0 Å². The number of ether oxygens (including phenoxy) is 3. The molecule has 138 valence electrons. The van der Waals surface area contributed by atoms with Crippen molar-refractivity contribution in [3.63, 3.8) is 0 Å². The number of hydrogen-bond acceptors (Lipinski definition) is 6. The van der Waals surface area contributed by atoms with Gasteiger partial charge in [0.2, 0.25) is 5.75 Å². The monoisotopic (exact) mass is 419 g/mol. The summed E-state index contributed by atoms with van der Waals surface area (Å²) in [6.45, 7) is 0. The Hall–Kier alpha value is -2.41. The van der Waals surface area contributed by atoms with Crippen LogP contribution in [0.1, 0.15) is 29.6 Å². The molecule has 2 aromatic carbocycles. The molecule has 0 aromatic heterocycles. The first kappa shape index (κ1) is 18.4. The van der Waals surface area contributed by atoms with Crippen molar-refractivity contribution in [2.24, 2.45) is 10.7 Å². The van der Waals surface area contributed by atoms with Crippen molar-refractivity contribution in [3.8, 4) is 17.2 Å². The van der Waals surface area contributed by atoms with E-state index in [0.717, 1.165) is 22.0 Å². The maximum absolute atomic E-state index is 6.07. The van der Waals surface area contributed by atoms with Crippen LogP contribution in [0, 0.1) is 0 Å². The second-order valence-electron chi connectivity index (χ2n) is 5.98. The summed E-state index contributed by atoms with van der Waals surface area (Å²) in [5, 5.41) is 3.26. The molecule has 0 bridgehead atoms. The van der Waals surface area contributed by atoms with Crippen molar-refractivity contribution in [2.75, 3.05) is 21.3 Å². The summed E-state index contributed by atoms with van der Waals surface area (Å²) in [6.07, 6.45) is 0.760. The minimum atomic E-state index is -0.117. The highest BCUT2D eigenvalue weighted by atomic mass is 79.9. The van der Waals surface area contributed by atoms with E-state index in [2.05, 4.69) is 38.4 Å². The predicted molar refractivity (Wildman–Crippen MR) is 105 cm³/mol. The van der Waals surface area contributed by atoms with Crippen molar-refractivity contribution < 1.29 is 14.2 Å². The topological polar surface area (TPSA) is 78.1 Å². The van der Waals surface area contributed by atoms with Crippen molar-refractivity contribution in [2.45, 2.75) is 18.5 Å². The summed E-state index contributed by atoms with van der Waals surface area (Å²) >= 11 is 3.52. The van der Waals surface area contributed by atoms with E-state index in [0.29, 0.717) is 23.2 Å². The molecule has 1 aliphatic rings. The van der Waals surface area contributed by atoms with Crippen LogP contribution in [-0.2, 0) is 0 Å². The van der Waals surface area contributed by atoms with Gasteiger partial charge in [-0.2, -0.15) is 0 Å². The largest absolute Gasteiger partial charge is 0.493 e. The van der Waals surface area contributed by atoms with Gasteiger partial charge in [-0.1, -0.05) is 28.1 Å². The third-order valence-electron chi connectivity index (χ3n) is 4.40. The maximum Gasteiger partial charge on any atom is 0.203 e. The summed E-state index contributed by atoms with van der Waals surface area (Å²) < 4.78 is 17.3. The number of rotatable bonds is 5. The fourth-order valence-electron chi connectivity index (χ4n) is 3.17. The molecule has 0 radical (unpaired) electrons. The van der Waals surface area contributed by atoms with E-state index in [1.54, 1.807) is 21.3 Å². The Balaban J connectivity index is 1.97. The molecule has 3 rings (SSSR count). The van der Waals surface area contributed by atoms with E-state index in [1.807, 2.05) is 24.3 Å². The van der Waals surface area contributed by atoms with Crippen LogP contribution >= 0.6 is 15.9 Å². The molecular formula is C19H22BrN3O3. The Labute approximate surface area is 161 Å². The van der Waals surface area contributed by atoms with Crippen LogP contribution in [-0.4, -0.2) is 27.3 Å². The molecular weight excluding hydrogens is 398 g/mol. The van der Waals surface area contributed by atoms with Gasteiger partial charge < -0.3 is 25.3 Å². The molecule has 1 aliphatic heterocycles. The smallest absolute Gasteiger partial charge is 0.203 e. The molecule has 0 fully saturated rings. The number of hydrogen-bond donors (Lipinski definition) is 2. The number of nitrogens with one attached hydrogen (secondary N) is 1. The fourth-order valence-corrected chi connectivity index (χ4v) is 3.58. The highest BCUT2D eigenvalue weighted by Crippen LogP contribution is 2.42. The zero-order valence-corrected chi connectivity index (χ0v) is 16.5. The lowest BCUT2D eigenvalue weighted by atomic mass is 9.93. The van der Waals surface area contributed by atoms with Crippen LogP contribution in [0.4, 0.5) is 0 Å². The van der Waals surface area contributed by atoms with Crippen molar-refractivity contribution in [1.82, 2.24) is 5.32 Å². The van der Waals surface area contributed by atoms with Gasteiger partial charge in [0.15, 0.2) is 17.5 Å². The third-order valence-corrected chi connectivity index (χ3v) is 4.89. The first-order valence-corrected chi connectivity index (χ1v) is 9.00. The van der Waals surface area contributed by atoms with Crippen LogP contribution < -0.4 is 25.3 Å². The number of nitrogens with zero attached hydrogens (tertiary/aromatic N) is 1. The number of aliphatic imine (C=N–C) groups is 1. The molecule has 6 nitrogen and oxygen atoms in total. The minimum Gasteiger partial charge on any atom is -0.493 e. The van der Waals surface area contributed by atoms with Crippen LogP contribution in [0.25, 0.3) is 0 Å². The lowest BCUT2D eigenvalue weighted by molar-refractivity contribution is 0.323.